The van der Waals surface area contributed by atoms with Crippen LogP contribution in [0.15, 0.2) is 16.6 Å². The van der Waals surface area contributed by atoms with Crippen LogP contribution in [0.4, 0.5) is 8.78 Å². The Morgan fingerprint density at radius 3 is 2.28 bits per heavy atom. The molecule has 18 heavy (non-hydrogen) atoms. The first kappa shape index (κ1) is 17.8. The van der Waals surface area contributed by atoms with Crippen molar-refractivity contribution in [1.82, 2.24) is 0 Å². The van der Waals surface area contributed by atoms with Crippen molar-refractivity contribution in [2.45, 2.75) is 38.3 Å². The summed E-state index contributed by atoms with van der Waals surface area (Å²) in [4.78, 5) is 0. The van der Waals surface area contributed by atoms with Crippen LogP contribution in [0, 0.1) is 11.6 Å². The molecule has 0 spiro atoms. The average molecular weight is 345 g/mol. The number of hydrogen-bond donors (Lipinski definition) is 2. The van der Waals surface area contributed by atoms with Gasteiger partial charge in [-0.1, -0.05) is 35.7 Å². The highest BCUT2D eigenvalue weighted by molar-refractivity contribution is 9.10. The van der Waals surface area contributed by atoms with E-state index in [9.17, 15) is 13.9 Å². The predicted molar refractivity (Wildman–Crippen MR) is 73.8 cm³/mol. The number of aliphatic hydroxyl groups excluding tert-OH is 1. The molecule has 0 aliphatic heterocycles. The molecule has 0 amide bonds. The van der Waals surface area contributed by atoms with E-state index in [1.165, 1.54) is 0 Å². The highest BCUT2D eigenvalue weighted by Crippen LogP contribution is 2.26. The molecule has 6 heteroatoms. The Morgan fingerprint density at radius 1 is 1.33 bits per heavy atom. The summed E-state index contributed by atoms with van der Waals surface area (Å²) in [5.74, 6) is -1.47. The number of aliphatic hydroxyl groups is 1. The van der Waals surface area contributed by atoms with Gasteiger partial charge in [0, 0.05) is 10.0 Å². The third kappa shape index (κ3) is 4.46. The van der Waals surface area contributed by atoms with Gasteiger partial charge < -0.3 is 10.8 Å². The lowest BCUT2D eigenvalue weighted by atomic mass is 9.97. The highest BCUT2D eigenvalue weighted by atomic mass is 79.9. The molecule has 0 aliphatic rings. The monoisotopic (exact) mass is 343 g/mol. The van der Waals surface area contributed by atoms with Crippen LogP contribution in [0.3, 0.4) is 0 Å². The molecule has 104 valence electrons. The molecule has 2 atom stereocenters. The summed E-state index contributed by atoms with van der Waals surface area (Å²) in [6, 6.07) is 1.25. The second-order valence-corrected chi connectivity index (χ2v) is 4.93. The van der Waals surface area contributed by atoms with E-state index < -0.39 is 23.8 Å². The van der Waals surface area contributed by atoms with Crippen LogP contribution in [-0.4, -0.2) is 11.2 Å². The molecule has 0 aliphatic carbocycles. The Kier molecular flexibility index (Phi) is 7.94. The third-order valence-electron chi connectivity index (χ3n) is 2.65. The summed E-state index contributed by atoms with van der Waals surface area (Å²) in [7, 11) is 0. The van der Waals surface area contributed by atoms with Crippen molar-refractivity contribution in [2.24, 2.45) is 5.73 Å². The van der Waals surface area contributed by atoms with Crippen LogP contribution in [0.25, 0.3) is 0 Å². The van der Waals surface area contributed by atoms with Crippen LogP contribution in [0.2, 0.25) is 0 Å². The van der Waals surface area contributed by atoms with E-state index >= 15 is 0 Å². The van der Waals surface area contributed by atoms with Crippen molar-refractivity contribution in [3.05, 3.63) is 33.8 Å². The maximum atomic E-state index is 13.6. The molecule has 1 rings (SSSR count). The average Bonchev–Trinajstić information content (AvgIpc) is 2.24. The van der Waals surface area contributed by atoms with Crippen LogP contribution in [-0.2, 0) is 0 Å². The number of unbranched alkanes of at least 4 members (excludes halogenated alkanes) is 1. The smallest absolute Gasteiger partial charge is 0.132 e. The SMILES string of the molecule is CCCC[C@H](O)[C@H](N)c1c(F)cc(Br)cc1F.Cl. The Bertz CT molecular complexity index is 369. The molecule has 0 bridgehead atoms. The normalized spacial score (nSPS) is 13.9. The van der Waals surface area contributed by atoms with Gasteiger partial charge in [-0.05, 0) is 18.6 Å². The Labute approximate surface area is 120 Å². The zero-order valence-corrected chi connectivity index (χ0v) is 12.4. The first-order chi connectivity index (χ1) is 7.97. The summed E-state index contributed by atoms with van der Waals surface area (Å²) in [6.45, 7) is 1.97. The fourth-order valence-corrected chi connectivity index (χ4v) is 2.06. The molecule has 0 fully saturated rings. The van der Waals surface area contributed by atoms with Gasteiger partial charge in [-0.3, -0.25) is 0 Å². The summed E-state index contributed by atoms with van der Waals surface area (Å²) >= 11 is 2.99. The van der Waals surface area contributed by atoms with Gasteiger partial charge >= 0.3 is 0 Å². The molecule has 1 aromatic carbocycles. The van der Waals surface area contributed by atoms with E-state index in [2.05, 4.69) is 15.9 Å². The van der Waals surface area contributed by atoms with E-state index in [-0.39, 0.29) is 18.0 Å². The molecule has 1 aromatic rings. The first-order valence-electron chi connectivity index (χ1n) is 5.55. The van der Waals surface area contributed by atoms with Gasteiger partial charge in [0.1, 0.15) is 11.6 Å². The maximum absolute atomic E-state index is 13.6. The lowest BCUT2D eigenvalue weighted by Gasteiger charge is -2.20. The molecule has 0 saturated heterocycles. The standard InChI is InChI=1S/C12H16BrF2NO.ClH/c1-2-3-4-10(17)12(16)11-8(14)5-7(13)6-9(11)15;/h5-6,10,12,17H,2-4,16H2,1H3;1H/t10-,12-;/m0./s1. The molecular formula is C12H17BrClF2NO. The van der Waals surface area contributed by atoms with Gasteiger partial charge in [-0.15, -0.1) is 12.4 Å². The molecule has 0 aromatic heterocycles. The molecule has 0 unspecified atom stereocenters. The molecule has 0 saturated carbocycles. The topological polar surface area (TPSA) is 46.2 Å². The largest absolute Gasteiger partial charge is 0.391 e. The Balaban J connectivity index is 0.00000289. The summed E-state index contributed by atoms with van der Waals surface area (Å²) < 4.78 is 27.5. The van der Waals surface area contributed by atoms with Crippen molar-refractivity contribution in [2.75, 3.05) is 0 Å². The molecule has 3 N–H and O–H groups in total. The zero-order valence-electron chi connectivity index (χ0n) is 10.00. The van der Waals surface area contributed by atoms with Gasteiger partial charge in [-0.2, -0.15) is 0 Å². The van der Waals surface area contributed by atoms with E-state index in [0.29, 0.717) is 10.9 Å². The fraction of sp³-hybridized carbons (Fsp3) is 0.500. The predicted octanol–water partition coefficient (Wildman–Crippen LogP) is 3.70. The number of halogens is 4. The van der Waals surface area contributed by atoms with E-state index in [0.717, 1.165) is 25.0 Å². The van der Waals surface area contributed by atoms with Gasteiger partial charge in [0.15, 0.2) is 0 Å². The van der Waals surface area contributed by atoms with Crippen molar-refractivity contribution in [3.8, 4) is 0 Å². The minimum atomic E-state index is -1.03. The lowest BCUT2D eigenvalue weighted by Crippen LogP contribution is -2.28. The second-order valence-electron chi connectivity index (χ2n) is 4.02. The minimum Gasteiger partial charge on any atom is -0.391 e. The van der Waals surface area contributed by atoms with Gasteiger partial charge in [-0.25, -0.2) is 8.78 Å². The van der Waals surface area contributed by atoms with Crippen LogP contribution < -0.4 is 5.73 Å². The lowest BCUT2D eigenvalue weighted by molar-refractivity contribution is 0.129. The molecule has 0 radical (unpaired) electrons. The van der Waals surface area contributed by atoms with E-state index in [1.807, 2.05) is 6.92 Å². The van der Waals surface area contributed by atoms with Crippen LogP contribution in [0.5, 0.6) is 0 Å². The van der Waals surface area contributed by atoms with Gasteiger partial charge in [0.2, 0.25) is 0 Å². The van der Waals surface area contributed by atoms with Crippen LogP contribution >= 0.6 is 28.3 Å². The third-order valence-corrected chi connectivity index (χ3v) is 3.10. The maximum Gasteiger partial charge on any atom is 0.132 e. The zero-order chi connectivity index (χ0) is 13.0. The van der Waals surface area contributed by atoms with Crippen molar-refractivity contribution in [3.63, 3.8) is 0 Å². The van der Waals surface area contributed by atoms with Crippen molar-refractivity contribution in [1.29, 1.82) is 0 Å². The number of benzene rings is 1. The Morgan fingerprint density at radius 2 is 1.83 bits per heavy atom. The van der Waals surface area contributed by atoms with Crippen molar-refractivity contribution < 1.29 is 13.9 Å². The fourth-order valence-electron chi connectivity index (χ4n) is 1.66. The van der Waals surface area contributed by atoms with Crippen molar-refractivity contribution >= 4 is 28.3 Å². The highest BCUT2D eigenvalue weighted by Gasteiger charge is 2.23. The number of rotatable bonds is 5. The van der Waals surface area contributed by atoms with Crippen LogP contribution in [0.1, 0.15) is 37.8 Å². The quantitative estimate of drug-likeness (QED) is 0.855. The molecular weight excluding hydrogens is 327 g/mol. The van der Waals surface area contributed by atoms with E-state index in [1.54, 1.807) is 0 Å². The Hall–Kier alpha value is -0.230. The molecule has 2 nitrogen and oxygen atoms in total. The summed E-state index contributed by atoms with van der Waals surface area (Å²) in [5, 5.41) is 9.75. The number of hydrogen-bond acceptors (Lipinski definition) is 2. The molecule has 0 heterocycles. The van der Waals surface area contributed by atoms with E-state index in [4.69, 9.17) is 5.73 Å². The summed E-state index contributed by atoms with van der Waals surface area (Å²) in [5.41, 5.74) is 5.43. The summed E-state index contributed by atoms with van der Waals surface area (Å²) in [6.07, 6.45) is 1.18. The van der Waals surface area contributed by atoms with Gasteiger partial charge in [0.05, 0.1) is 12.1 Å². The van der Waals surface area contributed by atoms with Gasteiger partial charge in [0.25, 0.3) is 0 Å². The minimum absolute atomic E-state index is 0. The first-order valence-corrected chi connectivity index (χ1v) is 6.34. The second kappa shape index (κ2) is 8.04. The number of nitrogens with two attached hydrogens (primary N) is 1.